The fourth-order valence-electron chi connectivity index (χ4n) is 1.94. The zero-order valence-corrected chi connectivity index (χ0v) is 9.80. The van der Waals surface area contributed by atoms with Crippen molar-refractivity contribution in [2.75, 3.05) is 13.7 Å². The average Bonchev–Trinajstić information content (AvgIpc) is 2.38. The molecule has 0 bridgehead atoms. The first kappa shape index (κ1) is 12.2. The van der Waals surface area contributed by atoms with E-state index in [9.17, 15) is 9.59 Å². The van der Waals surface area contributed by atoms with Crippen LogP contribution in [0, 0.1) is 0 Å². The quantitative estimate of drug-likeness (QED) is 0.833. The van der Waals surface area contributed by atoms with Crippen LogP contribution < -0.4 is 10.1 Å². The number of alkyl carbamates (subject to hydrolysis) is 1. The van der Waals surface area contributed by atoms with Crippen molar-refractivity contribution >= 4 is 12.1 Å². The van der Waals surface area contributed by atoms with E-state index in [-0.39, 0.29) is 11.6 Å². The molecule has 1 amide bonds. The summed E-state index contributed by atoms with van der Waals surface area (Å²) >= 11 is 0. The molecule has 1 aliphatic rings. The number of hydrogen-bond donors (Lipinski definition) is 2. The van der Waals surface area contributed by atoms with Crippen molar-refractivity contribution in [3.05, 3.63) is 29.3 Å². The molecule has 18 heavy (non-hydrogen) atoms. The summed E-state index contributed by atoms with van der Waals surface area (Å²) in [7, 11) is 1.28. The van der Waals surface area contributed by atoms with Gasteiger partial charge in [0.1, 0.15) is 11.3 Å². The topological polar surface area (TPSA) is 84.9 Å². The van der Waals surface area contributed by atoms with E-state index < -0.39 is 12.1 Å². The van der Waals surface area contributed by atoms with Crippen LogP contribution in [0.1, 0.15) is 28.4 Å². The number of benzene rings is 1. The summed E-state index contributed by atoms with van der Waals surface area (Å²) in [6, 6.07) is 4.55. The summed E-state index contributed by atoms with van der Waals surface area (Å²) < 4.78 is 9.93. The first-order valence-electron chi connectivity index (χ1n) is 5.47. The van der Waals surface area contributed by atoms with E-state index in [1.165, 1.54) is 13.2 Å². The zero-order chi connectivity index (χ0) is 13.1. The molecular formula is C12H13NO5. The summed E-state index contributed by atoms with van der Waals surface area (Å²) in [5.74, 6) is -0.733. The predicted molar refractivity (Wildman–Crippen MR) is 61.8 cm³/mol. The van der Waals surface area contributed by atoms with Crippen LogP contribution in [0.2, 0.25) is 0 Å². The van der Waals surface area contributed by atoms with Gasteiger partial charge in [-0.05, 0) is 6.07 Å². The number of aromatic carboxylic acids is 1. The molecular weight excluding hydrogens is 238 g/mol. The van der Waals surface area contributed by atoms with Crippen molar-refractivity contribution in [1.29, 1.82) is 0 Å². The van der Waals surface area contributed by atoms with Gasteiger partial charge in [-0.3, -0.25) is 0 Å². The molecule has 1 unspecified atom stereocenters. The van der Waals surface area contributed by atoms with Crippen LogP contribution in [0.3, 0.4) is 0 Å². The van der Waals surface area contributed by atoms with Gasteiger partial charge in [-0.15, -0.1) is 0 Å². The Hall–Kier alpha value is -2.24. The summed E-state index contributed by atoms with van der Waals surface area (Å²) in [6.45, 7) is 0.353. The Balaban J connectivity index is 2.35. The molecule has 0 saturated carbocycles. The summed E-state index contributed by atoms with van der Waals surface area (Å²) in [5, 5.41) is 11.7. The van der Waals surface area contributed by atoms with Crippen molar-refractivity contribution < 1.29 is 24.2 Å². The number of para-hydroxylation sites is 1. The lowest BCUT2D eigenvalue weighted by Gasteiger charge is -2.27. The lowest BCUT2D eigenvalue weighted by atomic mass is 9.97. The second-order valence-electron chi connectivity index (χ2n) is 3.85. The Morgan fingerprint density at radius 3 is 2.94 bits per heavy atom. The second kappa shape index (κ2) is 4.95. The standard InChI is InChI=1S/C12H13NO5/c1-17-12(16)13-9-5-6-18-10-7(9)3-2-4-8(10)11(14)15/h2-4,9H,5-6H2,1H3,(H,13,16)(H,14,15). The number of rotatable bonds is 2. The van der Waals surface area contributed by atoms with Gasteiger partial charge >= 0.3 is 12.1 Å². The van der Waals surface area contributed by atoms with Crippen molar-refractivity contribution in [1.82, 2.24) is 5.32 Å². The molecule has 2 rings (SSSR count). The van der Waals surface area contributed by atoms with E-state index in [0.717, 1.165) is 0 Å². The first-order valence-corrected chi connectivity index (χ1v) is 5.47. The average molecular weight is 251 g/mol. The van der Waals surface area contributed by atoms with Gasteiger partial charge in [0.15, 0.2) is 0 Å². The number of fused-ring (bicyclic) bond motifs is 1. The summed E-state index contributed by atoms with van der Waals surface area (Å²) in [5.41, 5.74) is 0.760. The number of nitrogens with one attached hydrogen (secondary N) is 1. The van der Waals surface area contributed by atoms with E-state index in [0.29, 0.717) is 24.3 Å². The third-order valence-corrected chi connectivity index (χ3v) is 2.78. The summed E-state index contributed by atoms with van der Waals surface area (Å²) in [4.78, 5) is 22.3. The van der Waals surface area contributed by atoms with E-state index in [1.807, 2.05) is 0 Å². The molecule has 0 aliphatic carbocycles. The van der Waals surface area contributed by atoms with E-state index in [4.69, 9.17) is 9.84 Å². The number of hydrogen-bond acceptors (Lipinski definition) is 4. The molecule has 0 fully saturated rings. The van der Waals surface area contributed by atoms with Crippen LogP contribution in [0.4, 0.5) is 4.79 Å². The Morgan fingerprint density at radius 1 is 1.50 bits per heavy atom. The van der Waals surface area contributed by atoms with Gasteiger partial charge in [-0.1, -0.05) is 12.1 Å². The minimum Gasteiger partial charge on any atom is -0.492 e. The largest absolute Gasteiger partial charge is 0.492 e. The normalized spacial score (nSPS) is 17.3. The maximum atomic E-state index is 11.2. The molecule has 0 saturated heterocycles. The van der Waals surface area contributed by atoms with Gasteiger partial charge in [-0.25, -0.2) is 9.59 Å². The molecule has 0 aromatic heterocycles. The van der Waals surface area contributed by atoms with Gasteiger partial charge in [0, 0.05) is 12.0 Å². The lowest BCUT2D eigenvalue weighted by Crippen LogP contribution is -2.32. The summed E-state index contributed by atoms with van der Waals surface area (Å²) in [6.07, 6.45) is 0.0270. The third kappa shape index (κ3) is 2.22. The van der Waals surface area contributed by atoms with Gasteiger partial charge in [0.2, 0.25) is 0 Å². The minimum atomic E-state index is -1.05. The molecule has 0 radical (unpaired) electrons. The number of carboxylic acids is 1. The highest BCUT2D eigenvalue weighted by Crippen LogP contribution is 2.34. The molecule has 1 atom stereocenters. The molecule has 2 N–H and O–H groups in total. The van der Waals surface area contributed by atoms with Gasteiger partial charge < -0.3 is 19.9 Å². The lowest BCUT2D eigenvalue weighted by molar-refractivity contribution is 0.0690. The van der Waals surface area contributed by atoms with Gasteiger partial charge in [-0.2, -0.15) is 0 Å². The van der Waals surface area contributed by atoms with Crippen molar-refractivity contribution in [3.63, 3.8) is 0 Å². The maximum Gasteiger partial charge on any atom is 0.407 e. The Kier molecular flexibility index (Phi) is 3.36. The molecule has 1 aliphatic heterocycles. The van der Waals surface area contributed by atoms with Crippen LogP contribution >= 0.6 is 0 Å². The van der Waals surface area contributed by atoms with Crippen molar-refractivity contribution in [2.45, 2.75) is 12.5 Å². The Morgan fingerprint density at radius 2 is 2.28 bits per heavy atom. The van der Waals surface area contributed by atoms with Crippen LogP contribution in [0.5, 0.6) is 5.75 Å². The predicted octanol–water partition coefficient (Wildman–Crippen LogP) is 1.56. The molecule has 1 aromatic rings. The highest BCUT2D eigenvalue weighted by atomic mass is 16.5. The number of carbonyl (C=O) groups is 2. The number of carboxylic acid groups (broad SMARTS) is 1. The smallest absolute Gasteiger partial charge is 0.407 e. The van der Waals surface area contributed by atoms with Crippen molar-refractivity contribution in [2.24, 2.45) is 0 Å². The number of carbonyl (C=O) groups excluding carboxylic acids is 1. The molecule has 6 nitrogen and oxygen atoms in total. The first-order chi connectivity index (χ1) is 8.63. The second-order valence-corrected chi connectivity index (χ2v) is 3.85. The number of methoxy groups -OCH3 is 1. The van der Waals surface area contributed by atoms with E-state index in [1.54, 1.807) is 12.1 Å². The molecule has 96 valence electrons. The van der Waals surface area contributed by atoms with E-state index >= 15 is 0 Å². The SMILES string of the molecule is COC(=O)NC1CCOc2c(C(=O)O)cccc21. The number of amides is 1. The van der Waals surface area contributed by atoms with Gasteiger partial charge in [0.05, 0.1) is 19.8 Å². The molecule has 0 spiro atoms. The van der Waals surface area contributed by atoms with Crippen LogP contribution in [0.25, 0.3) is 0 Å². The van der Waals surface area contributed by atoms with Crippen molar-refractivity contribution in [3.8, 4) is 5.75 Å². The zero-order valence-electron chi connectivity index (χ0n) is 9.80. The Bertz CT molecular complexity index is 485. The maximum absolute atomic E-state index is 11.2. The molecule has 1 aromatic carbocycles. The fraction of sp³-hybridized carbons (Fsp3) is 0.333. The third-order valence-electron chi connectivity index (χ3n) is 2.78. The highest BCUT2D eigenvalue weighted by Gasteiger charge is 2.27. The van der Waals surface area contributed by atoms with Gasteiger partial charge in [0.25, 0.3) is 0 Å². The molecule has 1 heterocycles. The Labute approximate surface area is 104 Å². The van der Waals surface area contributed by atoms with Crippen LogP contribution in [-0.4, -0.2) is 30.9 Å². The van der Waals surface area contributed by atoms with Crippen LogP contribution in [-0.2, 0) is 4.74 Å². The van der Waals surface area contributed by atoms with Crippen LogP contribution in [0.15, 0.2) is 18.2 Å². The molecule has 6 heteroatoms. The minimum absolute atomic E-state index is 0.101. The number of ether oxygens (including phenoxy) is 2. The monoisotopic (exact) mass is 251 g/mol. The fourth-order valence-corrected chi connectivity index (χ4v) is 1.94. The van der Waals surface area contributed by atoms with E-state index in [2.05, 4.69) is 10.1 Å². The highest BCUT2D eigenvalue weighted by molar-refractivity contribution is 5.91.